The molecule has 9 heteroatoms. The molecular formula is C19H33IN4O3S. The van der Waals surface area contributed by atoms with E-state index in [1.165, 1.54) is 0 Å². The van der Waals surface area contributed by atoms with E-state index in [2.05, 4.69) is 15.6 Å². The van der Waals surface area contributed by atoms with Gasteiger partial charge in [-0.2, -0.15) is 4.31 Å². The fraction of sp³-hybridized carbons (Fsp3) is 0.632. The number of rotatable bonds is 7. The molecule has 7 nitrogen and oxygen atoms in total. The minimum atomic E-state index is -3.38. The summed E-state index contributed by atoms with van der Waals surface area (Å²) in [5.41, 5.74) is 0.698. The summed E-state index contributed by atoms with van der Waals surface area (Å²) >= 11 is 0. The second-order valence-electron chi connectivity index (χ2n) is 7.35. The van der Waals surface area contributed by atoms with Crippen molar-refractivity contribution in [2.75, 3.05) is 33.8 Å². The Balaban J connectivity index is 0.00000392. The minimum absolute atomic E-state index is 0. The number of nitrogens with zero attached hydrogens (tertiary/aromatic N) is 2. The third kappa shape index (κ3) is 7.16. The lowest BCUT2D eigenvalue weighted by molar-refractivity contribution is 0.0268. The Morgan fingerprint density at radius 1 is 1.14 bits per heavy atom. The van der Waals surface area contributed by atoms with E-state index in [0.717, 1.165) is 24.8 Å². The van der Waals surface area contributed by atoms with E-state index in [1.807, 2.05) is 26.0 Å². The Hall–Kier alpha value is -0.910. The first-order chi connectivity index (χ1) is 12.8. The molecule has 1 aromatic rings. The summed E-state index contributed by atoms with van der Waals surface area (Å²) in [6.45, 7) is 6.40. The molecule has 2 N–H and O–H groups in total. The lowest BCUT2D eigenvalue weighted by Gasteiger charge is -2.26. The average Bonchev–Trinajstić information content (AvgIpc) is 2.69. The van der Waals surface area contributed by atoms with Crippen LogP contribution in [0.15, 0.2) is 34.2 Å². The third-order valence-corrected chi connectivity index (χ3v) is 6.71. The average molecular weight is 524 g/mol. The fourth-order valence-corrected chi connectivity index (χ4v) is 4.33. The zero-order valence-corrected chi connectivity index (χ0v) is 20.3. The molecule has 1 aliphatic heterocycles. The first-order valence-electron chi connectivity index (χ1n) is 9.37. The second-order valence-corrected chi connectivity index (χ2v) is 9.29. The molecule has 1 aliphatic rings. The number of piperidine rings is 1. The van der Waals surface area contributed by atoms with Crippen LogP contribution in [-0.2, 0) is 21.3 Å². The van der Waals surface area contributed by atoms with E-state index in [4.69, 9.17) is 4.74 Å². The van der Waals surface area contributed by atoms with Gasteiger partial charge >= 0.3 is 0 Å². The number of hydrogen-bond acceptors (Lipinski definition) is 4. The molecule has 1 heterocycles. The van der Waals surface area contributed by atoms with Crippen LogP contribution in [0.5, 0.6) is 0 Å². The maximum atomic E-state index is 12.7. The zero-order chi connectivity index (χ0) is 19.9. The lowest BCUT2D eigenvalue weighted by Crippen LogP contribution is -2.45. The monoisotopic (exact) mass is 524 g/mol. The molecule has 0 radical (unpaired) electrons. The highest BCUT2D eigenvalue weighted by Gasteiger charge is 2.25. The van der Waals surface area contributed by atoms with Gasteiger partial charge in [-0.3, -0.25) is 4.99 Å². The van der Waals surface area contributed by atoms with Crippen molar-refractivity contribution in [2.45, 2.75) is 50.2 Å². The van der Waals surface area contributed by atoms with Crippen LogP contribution in [0.1, 0.15) is 38.7 Å². The standard InChI is InChI=1S/C19H32N4O3S.HI/c1-19(2,26-4)15-22-18(20-3)21-14-16-8-10-17(11-9-16)27(24,25)23-12-6-5-7-13-23;/h8-11H,5-7,12-15H2,1-4H3,(H2,20,21,22);1H. The van der Waals surface area contributed by atoms with Gasteiger partial charge in [-0.15, -0.1) is 24.0 Å². The summed E-state index contributed by atoms with van der Waals surface area (Å²) in [6, 6.07) is 7.06. The fourth-order valence-electron chi connectivity index (χ4n) is 2.81. The van der Waals surface area contributed by atoms with Gasteiger partial charge in [-0.1, -0.05) is 18.6 Å². The maximum absolute atomic E-state index is 12.7. The van der Waals surface area contributed by atoms with Crippen LogP contribution < -0.4 is 10.6 Å². The van der Waals surface area contributed by atoms with Gasteiger partial charge in [0.25, 0.3) is 0 Å². The minimum Gasteiger partial charge on any atom is -0.377 e. The van der Waals surface area contributed by atoms with Gasteiger partial charge in [0.05, 0.1) is 10.5 Å². The van der Waals surface area contributed by atoms with Crippen LogP contribution in [-0.4, -0.2) is 58.1 Å². The molecule has 0 amide bonds. The Labute approximate surface area is 186 Å². The van der Waals surface area contributed by atoms with Crippen molar-refractivity contribution < 1.29 is 13.2 Å². The van der Waals surface area contributed by atoms with Crippen molar-refractivity contribution in [1.82, 2.24) is 14.9 Å². The molecule has 0 saturated carbocycles. The van der Waals surface area contributed by atoms with Crippen molar-refractivity contribution in [3.63, 3.8) is 0 Å². The first kappa shape index (κ1) is 25.1. The molecule has 1 saturated heterocycles. The molecule has 1 fully saturated rings. The quantitative estimate of drug-likeness (QED) is 0.326. The van der Waals surface area contributed by atoms with Crippen LogP contribution in [0.3, 0.4) is 0 Å². The molecule has 0 unspecified atom stereocenters. The summed E-state index contributed by atoms with van der Waals surface area (Å²) in [6.07, 6.45) is 2.98. The highest BCUT2D eigenvalue weighted by atomic mass is 127. The Bertz CT molecular complexity index is 730. The third-order valence-electron chi connectivity index (χ3n) is 4.79. The van der Waals surface area contributed by atoms with Gasteiger partial charge in [-0.05, 0) is 44.4 Å². The summed E-state index contributed by atoms with van der Waals surface area (Å²) < 4.78 is 32.4. The van der Waals surface area contributed by atoms with Gasteiger partial charge in [0, 0.05) is 40.3 Å². The number of nitrogens with one attached hydrogen (secondary N) is 2. The van der Waals surface area contributed by atoms with Gasteiger partial charge in [0.15, 0.2) is 5.96 Å². The predicted molar refractivity (Wildman–Crippen MR) is 124 cm³/mol. The molecule has 160 valence electrons. The number of benzene rings is 1. The van der Waals surface area contributed by atoms with Crippen LogP contribution in [0.25, 0.3) is 0 Å². The van der Waals surface area contributed by atoms with E-state index in [0.29, 0.717) is 37.0 Å². The van der Waals surface area contributed by atoms with E-state index >= 15 is 0 Å². The van der Waals surface area contributed by atoms with Crippen LogP contribution in [0.4, 0.5) is 0 Å². The molecule has 2 rings (SSSR count). The van der Waals surface area contributed by atoms with E-state index in [-0.39, 0.29) is 29.6 Å². The Morgan fingerprint density at radius 2 is 1.75 bits per heavy atom. The van der Waals surface area contributed by atoms with Crippen LogP contribution in [0.2, 0.25) is 0 Å². The molecule has 28 heavy (non-hydrogen) atoms. The molecule has 1 aromatic carbocycles. The largest absolute Gasteiger partial charge is 0.377 e. The van der Waals surface area contributed by atoms with Crippen molar-refractivity contribution >= 4 is 40.0 Å². The number of ether oxygens (including phenoxy) is 1. The Morgan fingerprint density at radius 3 is 2.29 bits per heavy atom. The Kier molecular flexibility index (Phi) is 10.2. The van der Waals surface area contributed by atoms with Crippen LogP contribution >= 0.6 is 24.0 Å². The van der Waals surface area contributed by atoms with Gasteiger partial charge in [0.2, 0.25) is 10.0 Å². The predicted octanol–water partition coefficient (Wildman–Crippen LogP) is 2.57. The first-order valence-corrected chi connectivity index (χ1v) is 10.8. The topological polar surface area (TPSA) is 83.0 Å². The van der Waals surface area contributed by atoms with Crippen molar-refractivity contribution in [1.29, 1.82) is 0 Å². The number of halogens is 1. The molecule has 0 aliphatic carbocycles. The summed E-state index contributed by atoms with van der Waals surface area (Å²) in [5.74, 6) is 0.671. The SMILES string of the molecule is CN=C(NCc1ccc(S(=O)(=O)N2CCCCC2)cc1)NCC(C)(C)OC.I. The summed E-state index contributed by atoms with van der Waals surface area (Å²) in [4.78, 5) is 4.55. The van der Waals surface area contributed by atoms with E-state index in [9.17, 15) is 8.42 Å². The molecule has 0 atom stereocenters. The number of guanidine groups is 1. The van der Waals surface area contributed by atoms with Gasteiger partial charge < -0.3 is 15.4 Å². The van der Waals surface area contributed by atoms with E-state index in [1.54, 1.807) is 30.6 Å². The van der Waals surface area contributed by atoms with E-state index < -0.39 is 10.0 Å². The summed E-state index contributed by atoms with van der Waals surface area (Å²) in [7, 11) is 0.00999. The molecular weight excluding hydrogens is 491 g/mol. The van der Waals surface area contributed by atoms with Crippen molar-refractivity contribution in [2.24, 2.45) is 4.99 Å². The zero-order valence-electron chi connectivity index (χ0n) is 17.2. The van der Waals surface area contributed by atoms with Crippen molar-refractivity contribution in [3.05, 3.63) is 29.8 Å². The highest BCUT2D eigenvalue weighted by molar-refractivity contribution is 14.0. The smallest absolute Gasteiger partial charge is 0.243 e. The molecule has 0 spiro atoms. The number of methoxy groups -OCH3 is 1. The molecule has 0 bridgehead atoms. The summed E-state index contributed by atoms with van der Waals surface area (Å²) in [5, 5.41) is 6.45. The van der Waals surface area contributed by atoms with Gasteiger partial charge in [0.1, 0.15) is 0 Å². The normalized spacial score (nSPS) is 16.4. The van der Waals surface area contributed by atoms with Crippen molar-refractivity contribution in [3.8, 4) is 0 Å². The number of sulfonamides is 1. The van der Waals surface area contributed by atoms with Crippen LogP contribution in [0, 0.1) is 0 Å². The highest BCUT2D eigenvalue weighted by Crippen LogP contribution is 2.20. The lowest BCUT2D eigenvalue weighted by atomic mass is 10.1. The van der Waals surface area contributed by atoms with Gasteiger partial charge in [-0.25, -0.2) is 8.42 Å². The second kappa shape index (κ2) is 11.3. The molecule has 0 aromatic heterocycles. The maximum Gasteiger partial charge on any atom is 0.243 e. The number of aliphatic imine (C=N–C) groups is 1. The number of hydrogen-bond donors (Lipinski definition) is 2.